The van der Waals surface area contributed by atoms with Gasteiger partial charge in [-0.2, -0.15) is 11.8 Å². The van der Waals surface area contributed by atoms with Gasteiger partial charge >= 0.3 is 0 Å². The van der Waals surface area contributed by atoms with E-state index in [1.54, 1.807) is 0 Å². The van der Waals surface area contributed by atoms with E-state index >= 15 is 0 Å². The zero-order valence-electron chi connectivity index (χ0n) is 10.3. The largest absolute Gasteiger partial charge is 0.315 e. The Morgan fingerprint density at radius 3 is 3.06 bits per heavy atom. The van der Waals surface area contributed by atoms with Crippen molar-refractivity contribution in [1.82, 2.24) is 10.2 Å². The fourth-order valence-corrected chi connectivity index (χ4v) is 5.06. The molecule has 96 valence electrons. The van der Waals surface area contributed by atoms with Gasteiger partial charge in [0.05, 0.1) is 0 Å². The molecule has 2 rings (SSSR count). The molecular weight excluding hydrogens is 316 g/mol. The van der Waals surface area contributed by atoms with Crippen molar-refractivity contribution in [1.29, 1.82) is 0 Å². The summed E-state index contributed by atoms with van der Waals surface area (Å²) in [7, 11) is 4.33. The van der Waals surface area contributed by atoms with Gasteiger partial charge in [-0.05, 0) is 42.5 Å². The summed E-state index contributed by atoms with van der Waals surface area (Å²) in [6, 6.07) is 3.45. The van der Waals surface area contributed by atoms with Crippen LogP contribution < -0.4 is 5.32 Å². The maximum Gasteiger partial charge on any atom is 0.0340 e. The van der Waals surface area contributed by atoms with Gasteiger partial charge < -0.3 is 10.2 Å². The monoisotopic (exact) mass is 334 g/mol. The molecule has 1 aromatic heterocycles. The zero-order valence-corrected chi connectivity index (χ0v) is 13.5. The standard InChI is InChI=1S/C12H19BrN2S2/c1-14-11(6-10-5-9(13)7-17-10)12-8-16-4-3-15(12)2/h5,7,11-12,14H,3-4,6,8H2,1-2H3. The Morgan fingerprint density at radius 1 is 1.65 bits per heavy atom. The number of nitrogens with one attached hydrogen (secondary N) is 1. The number of likely N-dealkylation sites (N-methyl/N-ethyl adjacent to an activating group) is 2. The SMILES string of the molecule is CNC(Cc1cc(Br)cs1)C1CSCCN1C. The van der Waals surface area contributed by atoms with Crippen LogP contribution in [0.4, 0.5) is 0 Å². The van der Waals surface area contributed by atoms with Crippen LogP contribution in [0, 0.1) is 0 Å². The van der Waals surface area contributed by atoms with Crippen molar-refractivity contribution in [2.45, 2.75) is 18.5 Å². The van der Waals surface area contributed by atoms with E-state index in [9.17, 15) is 0 Å². The van der Waals surface area contributed by atoms with Crippen molar-refractivity contribution < 1.29 is 0 Å². The fourth-order valence-electron chi connectivity index (χ4n) is 2.24. The van der Waals surface area contributed by atoms with Crippen LogP contribution >= 0.6 is 39.0 Å². The third-order valence-corrected chi connectivity index (χ3v) is 6.09. The van der Waals surface area contributed by atoms with Gasteiger partial charge in [-0.25, -0.2) is 0 Å². The Balaban J connectivity index is 2.00. The Bertz CT molecular complexity index is 356. The summed E-state index contributed by atoms with van der Waals surface area (Å²) in [5.74, 6) is 2.52. The van der Waals surface area contributed by atoms with Crippen LogP contribution in [-0.4, -0.2) is 49.1 Å². The number of halogens is 1. The Hall–Kier alpha value is 0.450. The van der Waals surface area contributed by atoms with Gasteiger partial charge in [-0.3, -0.25) is 0 Å². The molecule has 0 saturated carbocycles. The molecule has 2 atom stereocenters. The molecule has 2 nitrogen and oxygen atoms in total. The third-order valence-electron chi connectivity index (χ3n) is 3.32. The van der Waals surface area contributed by atoms with Crippen LogP contribution in [0.3, 0.4) is 0 Å². The molecule has 1 fully saturated rings. The van der Waals surface area contributed by atoms with Crippen molar-refractivity contribution in [3.05, 3.63) is 20.8 Å². The molecule has 2 unspecified atom stereocenters. The molecule has 2 heterocycles. The quantitative estimate of drug-likeness (QED) is 0.911. The van der Waals surface area contributed by atoms with Crippen LogP contribution in [0.5, 0.6) is 0 Å². The molecular formula is C12H19BrN2S2. The first-order valence-corrected chi connectivity index (χ1v) is 8.71. The zero-order chi connectivity index (χ0) is 12.3. The van der Waals surface area contributed by atoms with Gasteiger partial charge in [0.1, 0.15) is 0 Å². The Labute approximate surface area is 120 Å². The lowest BCUT2D eigenvalue weighted by Gasteiger charge is -2.37. The first kappa shape index (κ1) is 13.9. The van der Waals surface area contributed by atoms with Crippen molar-refractivity contribution >= 4 is 39.0 Å². The topological polar surface area (TPSA) is 15.3 Å². The molecule has 0 bridgehead atoms. The van der Waals surface area contributed by atoms with E-state index in [0.29, 0.717) is 12.1 Å². The van der Waals surface area contributed by atoms with Crippen LogP contribution in [0.15, 0.2) is 15.9 Å². The number of hydrogen-bond acceptors (Lipinski definition) is 4. The van der Waals surface area contributed by atoms with Crippen LogP contribution in [0.2, 0.25) is 0 Å². The third kappa shape index (κ3) is 3.70. The number of nitrogens with zero attached hydrogens (tertiary/aromatic N) is 1. The maximum absolute atomic E-state index is 3.53. The van der Waals surface area contributed by atoms with Gasteiger partial charge in [0.2, 0.25) is 0 Å². The summed E-state index contributed by atoms with van der Waals surface area (Å²) in [5, 5.41) is 5.66. The highest BCUT2D eigenvalue weighted by molar-refractivity contribution is 9.10. The van der Waals surface area contributed by atoms with E-state index in [4.69, 9.17) is 0 Å². The Morgan fingerprint density at radius 2 is 2.47 bits per heavy atom. The lowest BCUT2D eigenvalue weighted by molar-refractivity contribution is 0.219. The van der Waals surface area contributed by atoms with E-state index in [1.165, 1.54) is 27.4 Å². The molecule has 1 aromatic rings. The molecule has 0 amide bonds. The van der Waals surface area contributed by atoms with Gasteiger partial charge in [0.25, 0.3) is 0 Å². The minimum absolute atomic E-state index is 0.554. The van der Waals surface area contributed by atoms with Crippen molar-refractivity contribution in [3.8, 4) is 0 Å². The number of thiophene rings is 1. The first-order valence-electron chi connectivity index (χ1n) is 5.89. The van der Waals surface area contributed by atoms with Crippen molar-refractivity contribution in [2.24, 2.45) is 0 Å². The highest BCUT2D eigenvalue weighted by Gasteiger charge is 2.27. The molecule has 17 heavy (non-hydrogen) atoms. The predicted octanol–water partition coefficient (Wildman–Crippen LogP) is 2.69. The summed E-state index contributed by atoms with van der Waals surface area (Å²) in [4.78, 5) is 3.96. The second-order valence-corrected chi connectivity index (χ2v) is 7.51. The van der Waals surface area contributed by atoms with E-state index in [2.05, 4.69) is 63.5 Å². The van der Waals surface area contributed by atoms with Gasteiger partial charge in [-0.15, -0.1) is 11.3 Å². The molecule has 0 aliphatic carbocycles. The van der Waals surface area contributed by atoms with E-state index in [0.717, 1.165) is 6.42 Å². The van der Waals surface area contributed by atoms with Crippen LogP contribution in [-0.2, 0) is 6.42 Å². The number of hydrogen-bond donors (Lipinski definition) is 1. The average Bonchev–Trinajstić information content (AvgIpc) is 2.73. The summed E-state index contributed by atoms with van der Waals surface area (Å²) in [6.07, 6.45) is 1.13. The van der Waals surface area contributed by atoms with Gasteiger partial charge in [0.15, 0.2) is 0 Å². The molecule has 1 saturated heterocycles. The van der Waals surface area contributed by atoms with E-state index < -0.39 is 0 Å². The molecule has 0 radical (unpaired) electrons. The molecule has 1 aliphatic heterocycles. The number of thioether (sulfide) groups is 1. The van der Waals surface area contributed by atoms with E-state index in [-0.39, 0.29) is 0 Å². The minimum atomic E-state index is 0.554. The molecule has 0 spiro atoms. The lowest BCUT2D eigenvalue weighted by Crippen LogP contribution is -2.52. The number of rotatable bonds is 4. The summed E-state index contributed by atoms with van der Waals surface area (Å²) in [5.41, 5.74) is 0. The molecule has 1 N–H and O–H groups in total. The van der Waals surface area contributed by atoms with Crippen molar-refractivity contribution in [2.75, 3.05) is 32.1 Å². The van der Waals surface area contributed by atoms with Crippen LogP contribution in [0.25, 0.3) is 0 Å². The highest BCUT2D eigenvalue weighted by Crippen LogP contribution is 2.24. The first-order chi connectivity index (χ1) is 8.20. The molecule has 5 heteroatoms. The second kappa shape index (κ2) is 6.57. The van der Waals surface area contributed by atoms with Crippen LogP contribution in [0.1, 0.15) is 4.88 Å². The lowest BCUT2D eigenvalue weighted by atomic mass is 10.0. The van der Waals surface area contributed by atoms with Gasteiger partial charge in [-0.1, -0.05) is 0 Å². The molecule has 1 aliphatic rings. The van der Waals surface area contributed by atoms with Gasteiger partial charge in [0, 0.05) is 44.9 Å². The highest BCUT2D eigenvalue weighted by atomic mass is 79.9. The average molecular weight is 335 g/mol. The fraction of sp³-hybridized carbons (Fsp3) is 0.667. The summed E-state index contributed by atoms with van der Waals surface area (Å²) in [6.45, 7) is 1.21. The summed E-state index contributed by atoms with van der Waals surface area (Å²) < 4.78 is 1.21. The van der Waals surface area contributed by atoms with Crippen molar-refractivity contribution in [3.63, 3.8) is 0 Å². The summed E-state index contributed by atoms with van der Waals surface area (Å²) >= 11 is 7.45. The molecule has 0 aromatic carbocycles. The second-order valence-electron chi connectivity index (χ2n) is 4.45. The smallest absolute Gasteiger partial charge is 0.0340 e. The predicted molar refractivity (Wildman–Crippen MR) is 82.3 cm³/mol. The van der Waals surface area contributed by atoms with E-state index in [1.807, 2.05) is 11.3 Å². The minimum Gasteiger partial charge on any atom is -0.315 e. The Kier molecular flexibility index (Phi) is 5.36. The normalized spacial score (nSPS) is 23.8. The maximum atomic E-state index is 3.53.